The molecule has 6 aliphatic carbocycles. The topological polar surface area (TPSA) is 70.0 Å². The summed E-state index contributed by atoms with van der Waals surface area (Å²) in [6.07, 6.45) is 6.51. The molecule has 2 N–H and O–H groups in total. The largest absolute Gasteiger partial charge is 0.416 e. The first-order chi connectivity index (χ1) is 19.8. The third kappa shape index (κ3) is 3.74. The zero-order valence-corrected chi connectivity index (χ0v) is 24.6. The second-order valence-electron chi connectivity index (χ2n) is 14.6. The van der Waals surface area contributed by atoms with Gasteiger partial charge >= 0.3 is 6.18 Å². The number of Topliss-reactive ketones (excluding diaryl/α,β-unsaturated/α-hetero) is 1. The van der Waals surface area contributed by atoms with E-state index in [-0.39, 0.29) is 28.6 Å². The standard InChI is InChI=1S/C34H42F3NO4/c1-29-9-6-24(39)19-31(29)12-13-33(25(20-31)28(40)22-4-3-5-23(18-22)34(35,36)37)26(29)7-10-30(2)27(33)8-11-32(30,41)21-38-14-16-42-17-15-38/h3-5,12-13,18,20,24,26-27,39,41H,6-11,14-17,19,21H2,1-2H3/t24?,26-,27-,29-,30+,31+,32-,33-/m1/s1. The third-order valence-electron chi connectivity index (χ3n) is 13.0. The maximum atomic E-state index is 14.5. The lowest BCUT2D eigenvalue weighted by atomic mass is 9.32. The Hall–Kier alpha value is -2.00. The van der Waals surface area contributed by atoms with Gasteiger partial charge in [-0.15, -0.1) is 0 Å². The highest BCUT2D eigenvalue weighted by Crippen LogP contribution is 2.78. The van der Waals surface area contributed by atoms with E-state index in [1.165, 1.54) is 12.1 Å². The predicted molar refractivity (Wildman–Crippen MR) is 152 cm³/mol. The van der Waals surface area contributed by atoms with Crippen LogP contribution in [0.5, 0.6) is 0 Å². The van der Waals surface area contributed by atoms with E-state index in [2.05, 4.69) is 37.0 Å². The molecule has 1 aliphatic heterocycles. The molecular weight excluding hydrogens is 543 g/mol. The highest BCUT2D eigenvalue weighted by Gasteiger charge is 2.74. The molecule has 0 radical (unpaired) electrons. The number of allylic oxidation sites excluding steroid dienone is 4. The molecule has 228 valence electrons. The van der Waals surface area contributed by atoms with Crippen molar-refractivity contribution in [3.05, 3.63) is 59.2 Å². The number of carbonyl (C=O) groups is 1. The Morgan fingerprint density at radius 3 is 2.45 bits per heavy atom. The molecule has 1 unspecified atom stereocenters. The van der Waals surface area contributed by atoms with E-state index < -0.39 is 39.7 Å². The summed E-state index contributed by atoms with van der Waals surface area (Å²) in [5, 5.41) is 23.3. The zero-order chi connectivity index (χ0) is 29.8. The minimum atomic E-state index is -4.55. The molecule has 0 aromatic heterocycles. The first kappa shape index (κ1) is 28.8. The number of fused-ring (bicyclic) bond motifs is 1. The molecular formula is C34H42F3NO4. The van der Waals surface area contributed by atoms with E-state index in [9.17, 15) is 28.2 Å². The smallest absolute Gasteiger partial charge is 0.393 e. The summed E-state index contributed by atoms with van der Waals surface area (Å²) in [7, 11) is 0. The number of ether oxygens (including phenoxy) is 1. The lowest BCUT2D eigenvalue weighted by Crippen LogP contribution is -2.67. The van der Waals surface area contributed by atoms with Gasteiger partial charge in [-0.25, -0.2) is 0 Å². The quantitative estimate of drug-likeness (QED) is 0.345. The van der Waals surface area contributed by atoms with Gasteiger partial charge in [-0.3, -0.25) is 9.69 Å². The van der Waals surface area contributed by atoms with E-state index in [1.54, 1.807) is 0 Å². The van der Waals surface area contributed by atoms with Crippen LogP contribution in [0, 0.1) is 33.5 Å². The summed E-state index contributed by atoms with van der Waals surface area (Å²) in [5.74, 6) is -0.292. The number of nitrogens with zero attached hydrogens (tertiary/aromatic N) is 1. The lowest BCUT2D eigenvalue weighted by molar-refractivity contribution is -0.178. The van der Waals surface area contributed by atoms with Crippen LogP contribution < -0.4 is 0 Å². The Morgan fingerprint density at radius 1 is 1.02 bits per heavy atom. The maximum Gasteiger partial charge on any atom is 0.416 e. The fourth-order valence-corrected chi connectivity index (χ4v) is 10.7. The van der Waals surface area contributed by atoms with Crippen molar-refractivity contribution in [2.45, 2.75) is 76.7 Å². The fraction of sp³-hybridized carbons (Fsp3) is 0.676. The summed E-state index contributed by atoms with van der Waals surface area (Å²) in [6.45, 7) is 7.91. The molecule has 7 aliphatic rings. The number of alkyl halides is 3. The van der Waals surface area contributed by atoms with Gasteiger partial charge in [0.1, 0.15) is 0 Å². The number of hydrogen-bond donors (Lipinski definition) is 2. The molecule has 3 saturated carbocycles. The number of aliphatic hydroxyl groups is 2. The Bertz CT molecular complexity index is 1350. The van der Waals surface area contributed by atoms with Crippen LogP contribution >= 0.6 is 0 Å². The van der Waals surface area contributed by atoms with Crippen LogP contribution in [-0.2, 0) is 10.9 Å². The summed E-state index contributed by atoms with van der Waals surface area (Å²) in [4.78, 5) is 16.8. The van der Waals surface area contributed by atoms with E-state index in [0.29, 0.717) is 44.6 Å². The number of ketones is 1. The minimum absolute atomic E-state index is 0.0333. The number of β-amino-alcohol motifs (C(OH)–C–C–N with tert-alkyl or cyclic N) is 1. The molecule has 1 aromatic rings. The number of aliphatic hydroxyl groups excluding tert-OH is 1. The molecule has 1 aromatic carbocycles. The number of hydrogen-bond acceptors (Lipinski definition) is 5. The van der Waals surface area contributed by atoms with Gasteiger partial charge in [-0.2, -0.15) is 13.2 Å². The number of benzene rings is 1. The van der Waals surface area contributed by atoms with Crippen LogP contribution in [0.15, 0.2) is 48.1 Å². The third-order valence-corrected chi connectivity index (χ3v) is 13.0. The summed E-state index contributed by atoms with van der Waals surface area (Å²) in [6, 6.07) is 4.80. The normalized spacial score (nSPS) is 44.7. The van der Waals surface area contributed by atoms with E-state index >= 15 is 0 Å². The van der Waals surface area contributed by atoms with Crippen LogP contribution in [0.25, 0.3) is 0 Å². The molecule has 0 amide bonds. The van der Waals surface area contributed by atoms with Crippen molar-refractivity contribution >= 4 is 5.78 Å². The summed E-state index contributed by atoms with van der Waals surface area (Å²) < 4.78 is 46.7. The van der Waals surface area contributed by atoms with Crippen LogP contribution in [0.4, 0.5) is 13.2 Å². The van der Waals surface area contributed by atoms with Gasteiger partial charge in [0.25, 0.3) is 0 Å². The van der Waals surface area contributed by atoms with E-state index in [0.717, 1.165) is 50.9 Å². The van der Waals surface area contributed by atoms with Crippen LogP contribution in [-0.4, -0.2) is 65.4 Å². The van der Waals surface area contributed by atoms with Crippen LogP contribution in [0.3, 0.4) is 0 Å². The molecule has 8 heteroatoms. The Morgan fingerprint density at radius 2 is 1.71 bits per heavy atom. The van der Waals surface area contributed by atoms with Crippen molar-refractivity contribution in [1.29, 1.82) is 0 Å². The molecule has 1 saturated heterocycles. The van der Waals surface area contributed by atoms with Crippen molar-refractivity contribution in [3.8, 4) is 0 Å². The van der Waals surface area contributed by atoms with Crippen molar-refractivity contribution in [1.82, 2.24) is 4.90 Å². The molecule has 8 atom stereocenters. The SMILES string of the molecule is C[C@]12CC[C@H]3[C@]4(C=C[C@@]5(C=C4C(=O)c4cccc(C(F)(F)F)c4)CC(O)CC[C@]35C)[C@@H]1CC[C@@]2(O)CN1CCOCC1. The van der Waals surface area contributed by atoms with Crippen molar-refractivity contribution in [2.24, 2.45) is 33.5 Å². The van der Waals surface area contributed by atoms with Crippen LogP contribution in [0.1, 0.15) is 74.7 Å². The second kappa shape index (κ2) is 9.26. The molecule has 4 fully saturated rings. The Balaban J connectivity index is 1.36. The highest BCUT2D eigenvalue weighted by molar-refractivity contribution is 6.10. The molecule has 42 heavy (non-hydrogen) atoms. The Labute approximate surface area is 245 Å². The fourth-order valence-electron chi connectivity index (χ4n) is 10.7. The first-order valence-electron chi connectivity index (χ1n) is 15.6. The maximum absolute atomic E-state index is 14.5. The van der Waals surface area contributed by atoms with Crippen molar-refractivity contribution in [3.63, 3.8) is 0 Å². The lowest BCUT2D eigenvalue weighted by Gasteiger charge is -2.71. The van der Waals surface area contributed by atoms with Crippen molar-refractivity contribution < 1.29 is 32.9 Å². The molecule has 2 spiro atoms. The average molecular weight is 586 g/mol. The van der Waals surface area contributed by atoms with Gasteiger partial charge in [0.2, 0.25) is 0 Å². The van der Waals surface area contributed by atoms with E-state index in [1.807, 2.05) is 0 Å². The molecule has 5 nitrogen and oxygen atoms in total. The van der Waals surface area contributed by atoms with Crippen molar-refractivity contribution in [2.75, 3.05) is 32.8 Å². The predicted octanol–water partition coefficient (Wildman–Crippen LogP) is 5.81. The van der Waals surface area contributed by atoms with Crippen LogP contribution in [0.2, 0.25) is 0 Å². The number of rotatable bonds is 4. The Kier molecular flexibility index (Phi) is 6.34. The summed E-state index contributed by atoms with van der Waals surface area (Å²) in [5.41, 5.74) is -3.02. The number of halogens is 3. The summed E-state index contributed by atoms with van der Waals surface area (Å²) >= 11 is 0. The van der Waals surface area contributed by atoms with Gasteiger partial charge < -0.3 is 14.9 Å². The number of morpholine rings is 1. The average Bonchev–Trinajstić information content (AvgIpc) is 3.22. The van der Waals surface area contributed by atoms with Gasteiger partial charge in [0, 0.05) is 47.0 Å². The van der Waals surface area contributed by atoms with Gasteiger partial charge in [0.15, 0.2) is 5.78 Å². The van der Waals surface area contributed by atoms with Gasteiger partial charge in [-0.1, -0.05) is 44.2 Å². The van der Waals surface area contributed by atoms with E-state index in [4.69, 9.17) is 4.74 Å². The van der Waals surface area contributed by atoms with Gasteiger partial charge in [0.05, 0.1) is 30.5 Å². The minimum Gasteiger partial charge on any atom is -0.393 e. The molecule has 2 bridgehead atoms. The molecule has 1 heterocycles. The second-order valence-corrected chi connectivity index (χ2v) is 14.6. The molecule has 8 rings (SSSR count). The zero-order valence-electron chi connectivity index (χ0n) is 24.6. The monoisotopic (exact) mass is 585 g/mol. The number of carbonyl (C=O) groups excluding carboxylic acids is 1. The highest BCUT2D eigenvalue weighted by atomic mass is 19.4. The first-order valence-corrected chi connectivity index (χ1v) is 15.6. The van der Waals surface area contributed by atoms with Gasteiger partial charge in [-0.05, 0) is 74.3 Å².